The summed E-state index contributed by atoms with van der Waals surface area (Å²) in [6.45, 7) is 9.77. The summed E-state index contributed by atoms with van der Waals surface area (Å²) in [5, 5.41) is 12.8. The first-order valence-electron chi connectivity index (χ1n) is 16.8. The van der Waals surface area contributed by atoms with Gasteiger partial charge in [0.15, 0.2) is 5.82 Å². The average molecular weight is 657 g/mol. The number of ether oxygens (including phenoxy) is 1. The maximum atomic E-state index is 16.7. The first-order valence-corrected chi connectivity index (χ1v) is 17.2. The van der Waals surface area contributed by atoms with Crippen molar-refractivity contribution in [2.45, 2.75) is 76.5 Å². The number of anilines is 1. The lowest BCUT2D eigenvalue weighted by atomic mass is 9.94. The van der Waals surface area contributed by atoms with Crippen LogP contribution in [-0.2, 0) is 0 Å². The molecule has 3 fully saturated rings. The van der Waals surface area contributed by atoms with Gasteiger partial charge in [0.05, 0.1) is 10.9 Å². The number of likely N-dealkylation sites (tertiary alicyclic amines) is 1. The number of rotatable bonds is 7. The summed E-state index contributed by atoms with van der Waals surface area (Å²) in [5.41, 5.74) is 1.02. The van der Waals surface area contributed by atoms with Crippen molar-refractivity contribution in [1.82, 2.24) is 35.4 Å². The van der Waals surface area contributed by atoms with E-state index < -0.39 is 5.82 Å². The van der Waals surface area contributed by atoms with Crippen LogP contribution in [0.3, 0.4) is 0 Å². The van der Waals surface area contributed by atoms with E-state index in [1.165, 1.54) is 0 Å². The van der Waals surface area contributed by atoms with Gasteiger partial charge in [-0.1, -0.05) is 55.8 Å². The highest BCUT2D eigenvalue weighted by atomic mass is 35.5. The topological polar surface area (TPSA) is 95.1 Å². The van der Waals surface area contributed by atoms with Crippen molar-refractivity contribution in [3.63, 3.8) is 0 Å². The Balaban J connectivity index is 0.000000644. The number of piperazine rings is 1. The second kappa shape index (κ2) is 13.3. The Morgan fingerprint density at radius 2 is 1.83 bits per heavy atom. The minimum absolute atomic E-state index is 0.0809. The molecule has 8 rings (SSSR count). The standard InChI is InChI=1S/C33H38ClFN6O.C3H4N2/c1-4-33(15-14-20(3)41(33)5-2)19-42-32-38-30-25(31(39-32)40-17-22-12-13-23(18-40)37-22)16-36-29(28(30)35)24-10-6-8-21-9-7-11-26(34)27(21)24;1-2-4-5-3-1/h6-11,16,20,22-23,37H,4-5,12-15,17-19H2,1-3H3;1-3H,(H,4,5)/t20-,22?,23?,33?;/m0./s1. The molecule has 2 N–H and O–H groups in total. The molecule has 11 heteroatoms. The van der Waals surface area contributed by atoms with E-state index in [1.807, 2.05) is 42.5 Å². The SMILES string of the molecule is CCN1[C@@H](C)CCC1(CC)COc1nc(N2CC3CCC(C2)N3)c2cnc(-c3cccc4cccc(Cl)c34)c(F)c2n1.c1cn[nH]c1. The maximum absolute atomic E-state index is 16.7. The molecule has 3 saturated heterocycles. The van der Waals surface area contributed by atoms with Gasteiger partial charge >= 0.3 is 6.01 Å². The van der Waals surface area contributed by atoms with Crippen LogP contribution in [0.4, 0.5) is 10.2 Å². The van der Waals surface area contributed by atoms with E-state index in [1.54, 1.807) is 18.6 Å². The van der Waals surface area contributed by atoms with Crippen LogP contribution >= 0.6 is 11.6 Å². The fourth-order valence-corrected chi connectivity index (χ4v) is 8.20. The van der Waals surface area contributed by atoms with Gasteiger partial charge in [-0.3, -0.25) is 15.0 Å². The van der Waals surface area contributed by atoms with Crippen LogP contribution in [0.5, 0.6) is 6.01 Å². The maximum Gasteiger partial charge on any atom is 0.319 e. The largest absolute Gasteiger partial charge is 0.461 e. The number of nitrogens with one attached hydrogen (secondary N) is 2. The Bertz CT molecular complexity index is 1820. The summed E-state index contributed by atoms with van der Waals surface area (Å²) in [5.74, 6) is 0.210. The lowest BCUT2D eigenvalue weighted by Gasteiger charge is -2.39. The molecular weight excluding hydrogens is 615 g/mol. The normalized spacial score (nSPS) is 24.1. The molecule has 0 spiro atoms. The molecule has 2 bridgehead atoms. The number of fused-ring (bicyclic) bond motifs is 4. The number of hydrogen-bond acceptors (Lipinski definition) is 8. The molecule has 47 heavy (non-hydrogen) atoms. The number of benzene rings is 2. The molecule has 4 atom stereocenters. The van der Waals surface area contributed by atoms with Crippen molar-refractivity contribution in [2.75, 3.05) is 31.1 Å². The number of H-pyrrole nitrogens is 1. The Morgan fingerprint density at radius 1 is 1.04 bits per heavy atom. The molecule has 0 saturated carbocycles. The lowest BCUT2D eigenvalue weighted by molar-refractivity contribution is 0.0525. The van der Waals surface area contributed by atoms with Crippen molar-refractivity contribution < 1.29 is 9.13 Å². The Morgan fingerprint density at radius 3 is 2.51 bits per heavy atom. The zero-order valence-electron chi connectivity index (χ0n) is 27.2. The summed E-state index contributed by atoms with van der Waals surface area (Å²) >= 11 is 6.62. The van der Waals surface area contributed by atoms with E-state index in [0.29, 0.717) is 46.5 Å². The predicted octanol–water partition coefficient (Wildman–Crippen LogP) is 7.02. The Kier molecular flexibility index (Phi) is 9.00. The molecule has 246 valence electrons. The molecule has 2 aromatic carbocycles. The summed E-state index contributed by atoms with van der Waals surface area (Å²) in [6.07, 6.45) is 10.6. The highest BCUT2D eigenvalue weighted by Crippen LogP contribution is 2.39. The van der Waals surface area contributed by atoms with Gasteiger partial charge in [-0.05, 0) is 63.1 Å². The van der Waals surface area contributed by atoms with E-state index in [-0.39, 0.29) is 22.8 Å². The molecule has 5 aromatic rings. The highest BCUT2D eigenvalue weighted by molar-refractivity contribution is 6.36. The third-order valence-corrected chi connectivity index (χ3v) is 10.6. The minimum atomic E-state index is -0.485. The summed E-state index contributed by atoms with van der Waals surface area (Å²) < 4.78 is 23.1. The number of aromatic nitrogens is 5. The van der Waals surface area contributed by atoms with Gasteiger partial charge in [-0.15, -0.1) is 0 Å². The smallest absolute Gasteiger partial charge is 0.319 e. The van der Waals surface area contributed by atoms with E-state index >= 15 is 4.39 Å². The van der Waals surface area contributed by atoms with E-state index in [9.17, 15) is 0 Å². The molecular formula is C36H42ClFN8O. The van der Waals surface area contributed by atoms with Gasteiger partial charge in [-0.25, -0.2) is 4.39 Å². The fraction of sp³-hybridized carbons (Fsp3) is 0.444. The molecule has 0 radical (unpaired) electrons. The average Bonchev–Trinajstić information content (AvgIpc) is 3.85. The van der Waals surface area contributed by atoms with Crippen LogP contribution in [0.1, 0.15) is 52.9 Å². The van der Waals surface area contributed by atoms with Crippen molar-refractivity contribution in [1.29, 1.82) is 0 Å². The van der Waals surface area contributed by atoms with Gasteiger partial charge in [0.2, 0.25) is 0 Å². The third kappa shape index (κ3) is 6.03. The van der Waals surface area contributed by atoms with Crippen molar-refractivity contribution in [2.24, 2.45) is 0 Å². The lowest BCUT2D eigenvalue weighted by Crippen LogP contribution is -2.51. The molecule has 3 aliphatic rings. The molecule has 0 amide bonds. The van der Waals surface area contributed by atoms with Gasteiger partial charge in [0.25, 0.3) is 0 Å². The molecule has 9 nitrogen and oxygen atoms in total. The number of hydrogen-bond donors (Lipinski definition) is 2. The van der Waals surface area contributed by atoms with Crippen molar-refractivity contribution >= 4 is 39.1 Å². The van der Waals surface area contributed by atoms with Gasteiger partial charge in [0.1, 0.15) is 23.6 Å². The van der Waals surface area contributed by atoms with Crippen LogP contribution in [0, 0.1) is 5.82 Å². The molecule has 6 heterocycles. The van der Waals surface area contributed by atoms with E-state index in [0.717, 1.165) is 62.5 Å². The summed E-state index contributed by atoms with van der Waals surface area (Å²) in [7, 11) is 0. The van der Waals surface area contributed by atoms with Crippen molar-refractivity contribution in [3.05, 3.63) is 71.9 Å². The van der Waals surface area contributed by atoms with Crippen LogP contribution in [0.2, 0.25) is 5.02 Å². The Hall–Kier alpha value is -3.86. The van der Waals surface area contributed by atoms with E-state index in [4.69, 9.17) is 26.3 Å². The molecule has 3 unspecified atom stereocenters. The zero-order valence-corrected chi connectivity index (χ0v) is 28.0. The predicted molar refractivity (Wildman–Crippen MR) is 186 cm³/mol. The number of aromatic amines is 1. The van der Waals surface area contributed by atoms with Crippen LogP contribution in [0.15, 0.2) is 61.1 Å². The van der Waals surface area contributed by atoms with Crippen molar-refractivity contribution in [3.8, 4) is 17.3 Å². The number of nitrogens with zero attached hydrogens (tertiary/aromatic N) is 6. The molecule has 0 aliphatic carbocycles. The van der Waals surface area contributed by atoms with Gasteiger partial charge in [-0.2, -0.15) is 15.1 Å². The van der Waals surface area contributed by atoms with E-state index in [2.05, 4.69) is 51.1 Å². The third-order valence-electron chi connectivity index (χ3n) is 10.3. The first-order chi connectivity index (χ1) is 22.9. The monoisotopic (exact) mass is 656 g/mol. The summed E-state index contributed by atoms with van der Waals surface area (Å²) in [6, 6.07) is 14.8. The molecule has 3 aliphatic heterocycles. The Labute approximate surface area is 279 Å². The second-order valence-corrected chi connectivity index (χ2v) is 13.4. The summed E-state index contributed by atoms with van der Waals surface area (Å²) in [4.78, 5) is 19.1. The first kappa shape index (κ1) is 31.7. The van der Waals surface area contributed by atoms with Crippen LogP contribution in [-0.4, -0.2) is 80.0 Å². The fourth-order valence-electron chi connectivity index (χ4n) is 7.92. The molecule has 3 aromatic heterocycles. The quantitative estimate of drug-likeness (QED) is 0.193. The zero-order chi connectivity index (χ0) is 32.5. The van der Waals surface area contributed by atoms with Gasteiger partial charge in [0, 0.05) is 65.8 Å². The number of halogens is 2. The van der Waals surface area contributed by atoms with Crippen LogP contribution in [0.25, 0.3) is 32.9 Å². The van der Waals surface area contributed by atoms with Gasteiger partial charge < -0.3 is 15.0 Å². The number of likely N-dealkylation sites (N-methyl/N-ethyl adjacent to an activating group) is 1. The number of pyridine rings is 1. The highest BCUT2D eigenvalue weighted by Gasteiger charge is 2.43. The second-order valence-electron chi connectivity index (χ2n) is 13.0. The van der Waals surface area contributed by atoms with Crippen LogP contribution < -0.4 is 15.0 Å². The minimum Gasteiger partial charge on any atom is -0.461 e.